The van der Waals surface area contributed by atoms with E-state index in [9.17, 15) is 13.2 Å². The van der Waals surface area contributed by atoms with E-state index in [0.29, 0.717) is 36.0 Å². The third kappa shape index (κ3) is 6.53. The van der Waals surface area contributed by atoms with Crippen molar-refractivity contribution < 1.29 is 22.3 Å². The highest BCUT2D eigenvalue weighted by atomic mass is 32.2. The molecular weight excluding hydrogens is 501 g/mol. The lowest BCUT2D eigenvalue weighted by atomic mass is 10.1. The minimum Gasteiger partial charge on any atom is -0.453 e. The second-order valence-corrected chi connectivity index (χ2v) is 10.7. The van der Waals surface area contributed by atoms with Crippen LogP contribution in [0.25, 0.3) is 22.6 Å². The standard InChI is InChI=1S/C24H30FN7O4S/c1-4-12-37(34,35)32-17-7-5-6-16(19(17)25)20-21(31-22(30-20)15-8-9-15)18-10-11-26-23(29-18)27-13-14(2)28-24(33)36-3/h5-7,10-11,14-15,32H,4,8-9,12-13H2,1-3H3,(H,28,33)(H,30,31)(H,26,27,29)/t14-/m0/s1. The number of hydrogen-bond acceptors (Lipinski definition) is 8. The molecule has 1 aromatic carbocycles. The van der Waals surface area contributed by atoms with Crippen molar-refractivity contribution in [2.24, 2.45) is 0 Å². The van der Waals surface area contributed by atoms with Crippen molar-refractivity contribution in [1.29, 1.82) is 0 Å². The second kappa shape index (κ2) is 11.1. The van der Waals surface area contributed by atoms with Gasteiger partial charge in [0, 0.05) is 30.3 Å². The quantitative estimate of drug-likeness (QED) is 0.291. The fraction of sp³-hybridized carbons (Fsp3) is 0.417. The molecule has 2 heterocycles. The first-order chi connectivity index (χ1) is 17.7. The predicted octanol–water partition coefficient (Wildman–Crippen LogP) is 3.86. The van der Waals surface area contributed by atoms with E-state index < -0.39 is 21.9 Å². The Kier molecular flexibility index (Phi) is 7.91. The third-order valence-corrected chi connectivity index (χ3v) is 7.18. The normalized spacial score (nSPS) is 14.2. The number of rotatable bonds is 11. The maximum atomic E-state index is 15.6. The number of alkyl carbamates (subject to hydrolysis) is 1. The Bertz CT molecular complexity index is 1380. The van der Waals surface area contributed by atoms with E-state index in [1.165, 1.54) is 13.2 Å². The molecule has 4 N–H and O–H groups in total. The van der Waals surface area contributed by atoms with Crippen LogP contribution in [0.5, 0.6) is 0 Å². The Balaban J connectivity index is 1.66. The first-order valence-electron chi connectivity index (χ1n) is 12.0. The van der Waals surface area contributed by atoms with Gasteiger partial charge in [-0.2, -0.15) is 0 Å². The molecule has 37 heavy (non-hydrogen) atoms. The van der Waals surface area contributed by atoms with Crippen LogP contribution < -0.4 is 15.4 Å². The van der Waals surface area contributed by atoms with Gasteiger partial charge in [0.2, 0.25) is 16.0 Å². The van der Waals surface area contributed by atoms with Gasteiger partial charge in [-0.15, -0.1) is 0 Å². The SMILES string of the molecule is CCCS(=O)(=O)Nc1cccc(-c2nc(C3CC3)[nH]c2-c2ccnc(NC[C@H](C)NC(=O)OC)n2)c1F. The van der Waals surface area contributed by atoms with Crippen LogP contribution in [-0.2, 0) is 14.8 Å². The minimum atomic E-state index is -3.68. The lowest BCUT2D eigenvalue weighted by Crippen LogP contribution is -2.37. The summed E-state index contributed by atoms with van der Waals surface area (Å²) in [6.45, 7) is 3.88. The predicted molar refractivity (Wildman–Crippen MR) is 138 cm³/mol. The number of nitrogens with one attached hydrogen (secondary N) is 4. The van der Waals surface area contributed by atoms with Crippen LogP contribution in [0.1, 0.15) is 44.9 Å². The molecule has 1 atom stereocenters. The van der Waals surface area contributed by atoms with E-state index in [-0.39, 0.29) is 29.0 Å². The van der Waals surface area contributed by atoms with E-state index in [2.05, 4.69) is 40.0 Å². The summed E-state index contributed by atoms with van der Waals surface area (Å²) >= 11 is 0. The number of sulfonamides is 1. The molecule has 3 aromatic rings. The lowest BCUT2D eigenvalue weighted by molar-refractivity contribution is 0.168. The van der Waals surface area contributed by atoms with E-state index in [0.717, 1.165) is 18.7 Å². The smallest absolute Gasteiger partial charge is 0.407 e. The molecule has 1 fully saturated rings. The van der Waals surface area contributed by atoms with Gasteiger partial charge >= 0.3 is 6.09 Å². The largest absolute Gasteiger partial charge is 0.453 e. The molecule has 1 aliphatic carbocycles. The fourth-order valence-electron chi connectivity index (χ4n) is 3.74. The summed E-state index contributed by atoms with van der Waals surface area (Å²) in [7, 11) is -2.39. The van der Waals surface area contributed by atoms with E-state index in [1.54, 1.807) is 38.2 Å². The molecule has 0 aliphatic heterocycles. The van der Waals surface area contributed by atoms with Crippen LogP contribution in [0.15, 0.2) is 30.5 Å². The highest BCUT2D eigenvalue weighted by Gasteiger charge is 2.30. The van der Waals surface area contributed by atoms with Gasteiger partial charge in [-0.3, -0.25) is 4.72 Å². The summed E-state index contributed by atoms with van der Waals surface area (Å²) in [4.78, 5) is 28.2. The highest BCUT2D eigenvalue weighted by Crippen LogP contribution is 2.42. The van der Waals surface area contributed by atoms with Gasteiger partial charge in [0.25, 0.3) is 0 Å². The number of methoxy groups -OCH3 is 1. The number of aromatic nitrogens is 4. The van der Waals surface area contributed by atoms with Gasteiger partial charge in [0.15, 0.2) is 5.82 Å². The summed E-state index contributed by atoms with van der Waals surface area (Å²) in [6.07, 6.45) is 3.39. The number of anilines is 2. The molecule has 0 bridgehead atoms. The van der Waals surface area contributed by atoms with Crippen molar-refractivity contribution in [2.45, 2.75) is 45.1 Å². The van der Waals surface area contributed by atoms with Crippen LogP contribution in [0.4, 0.5) is 20.8 Å². The molecule has 2 aromatic heterocycles. The molecular formula is C24H30FN7O4S. The van der Waals surface area contributed by atoms with E-state index in [4.69, 9.17) is 0 Å². The zero-order valence-electron chi connectivity index (χ0n) is 20.8. The van der Waals surface area contributed by atoms with E-state index in [1.807, 2.05) is 0 Å². The van der Waals surface area contributed by atoms with Gasteiger partial charge in [-0.05, 0) is 44.4 Å². The second-order valence-electron chi connectivity index (χ2n) is 8.89. The third-order valence-electron chi connectivity index (χ3n) is 5.71. The zero-order chi connectivity index (χ0) is 26.6. The summed E-state index contributed by atoms with van der Waals surface area (Å²) in [5.41, 5.74) is 1.34. The summed E-state index contributed by atoms with van der Waals surface area (Å²) < 4.78 is 47.1. The number of H-pyrrole nitrogens is 1. The first-order valence-corrected chi connectivity index (χ1v) is 13.7. The Morgan fingerprint density at radius 2 is 2.05 bits per heavy atom. The molecule has 0 radical (unpaired) electrons. The van der Waals surface area contributed by atoms with Crippen molar-refractivity contribution >= 4 is 27.8 Å². The maximum absolute atomic E-state index is 15.6. The van der Waals surface area contributed by atoms with Gasteiger partial charge in [0.05, 0.1) is 29.9 Å². The number of benzene rings is 1. The molecule has 4 rings (SSSR count). The number of aromatic amines is 1. The van der Waals surface area contributed by atoms with Crippen molar-refractivity contribution in [3.63, 3.8) is 0 Å². The first kappa shape index (κ1) is 26.3. The molecule has 1 saturated carbocycles. The van der Waals surface area contributed by atoms with Crippen LogP contribution in [-0.4, -0.2) is 59.9 Å². The minimum absolute atomic E-state index is 0.110. The molecule has 198 valence electrons. The van der Waals surface area contributed by atoms with E-state index >= 15 is 4.39 Å². The van der Waals surface area contributed by atoms with Crippen LogP contribution in [0, 0.1) is 5.82 Å². The summed E-state index contributed by atoms with van der Waals surface area (Å²) in [6, 6.07) is 5.96. The lowest BCUT2D eigenvalue weighted by Gasteiger charge is -2.14. The number of hydrogen-bond donors (Lipinski definition) is 4. The number of ether oxygens (including phenoxy) is 1. The maximum Gasteiger partial charge on any atom is 0.407 e. The number of halogens is 1. The molecule has 0 unspecified atom stereocenters. The molecule has 13 heteroatoms. The number of amides is 1. The molecule has 0 spiro atoms. The number of carbonyl (C=O) groups is 1. The van der Waals surface area contributed by atoms with Crippen LogP contribution in [0.3, 0.4) is 0 Å². The van der Waals surface area contributed by atoms with Crippen molar-refractivity contribution in [2.75, 3.05) is 29.4 Å². The molecule has 1 amide bonds. The molecule has 0 saturated heterocycles. The summed E-state index contributed by atoms with van der Waals surface area (Å²) in [5.74, 6) is 0.469. The van der Waals surface area contributed by atoms with Gasteiger partial charge in [-0.25, -0.2) is 32.6 Å². The molecule has 1 aliphatic rings. The Morgan fingerprint density at radius 3 is 2.76 bits per heavy atom. The fourth-order valence-corrected chi connectivity index (χ4v) is 4.87. The van der Waals surface area contributed by atoms with Gasteiger partial charge in [0.1, 0.15) is 11.5 Å². The Morgan fingerprint density at radius 1 is 1.27 bits per heavy atom. The van der Waals surface area contributed by atoms with Crippen molar-refractivity contribution in [3.05, 3.63) is 42.1 Å². The van der Waals surface area contributed by atoms with Gasteiger partial charge < -0.3 is 20.4 Å². The average Bonchev–Trinajstić information content (AvgIpc) is 3.62. The van der Waals surface area contributed by atoms with Gasteiger partial charge in [-0.1, -0.05) is 13.0 Å². The number of nitrogens with zero attached hydrogens (tertiary/aromatic N) is 3. The number of imidazole rings is 1. The zero-order valence-corrected chi connectivity index (χ0v) is 21.7. The topological polar surface area (TPSA) is 151 Å². The Hall–Kier alpha value is -3.74. The van der Waals surface area contributed by atoms with Crippen molar-refractivity contribution in [1.82, 2.24) is 25.3 Å². The van der Waals surface area contributed by atoms with Crippen LogP contribution in [0.2, 0.25) is 0 Å². The van der Waals surface area contributed by atoms with Crippen molar-refractivity contribution in [3.8, 4) is 22.6 Å². The summed E-state index contributed by atoms with van der Waals surface area (Å²) in [5, 5.41) is 5.71. The number of carbonyl (C=O) groups excluding carboxylic acids is 1. The van der Waals surface area contributed by atoms with Crippen LogP contribution >= 0.6 is 0 Å². The Labute approximate surface area is 214 Å². The monoisotopic (exact) mass is 531 g/mol. The highest BCUT2D eigenvalue weighted by molar-refractivity contribution is 7.92. The molecule has 11 nitrogen and oxygen atoms in total. The average molecular weight is 532 g/mol.